The average Bonchev–Trinajstić information content (AvgIpc) is 2.57. The lowest BCUT2D eigenvalue weighted by Crippen LogP contribution is -2.20. The first kappa shape index (κ1) is 18.3. The minimum Gasteiger partial charge on any atom is -0.507 e. The van der Waals surface area contributed by atoms with E-state index in [1.807, 2.05) is 19.9 Å². The van der Waals surface area contributed by atoms with E-state index in [2.05, 4.69) is 0 Å². The number of aryl methyl sites for hydroxylation is 1. The van der Waals surface area contributed by atoms with Crippen molar-refractivity contribution in [2.75, 3.05) is 0 Å². The van der Waals surface area contributed by atoms with Gasteiger partial charge in [-0.05, 0) is 41.8 Å². The van der Waals surface area contributed by atoms with Crippen LogP contribution in [0.4, 0.5) is 0 Å². The molecule has 0 aliphatic carbocycles. The molecular formula is C19H24O5. The van der Waals surface area contributed by atoms with Crippen molar-refractivity contribution >= 4 is 0 Å². The molecule has 5 nitrogen and oxygen atoms in total. The van der Waals surface area contributed by atoms with Gasteiger partial charge in [-0.15, -0.1) is 0 Å². The molecule has 24 heavy (non-hydrogen) atoms. The minimum atomic E-state index is -0.524. The summed E-state index contributed by atoms with van der Waals surface area (Å²) in [7, 11) is 0. The van der Waals surface area contributed by atoms with E-state index < -0.39 is 5.41 Å². The van der Waals surface area contributed by atoms with Crippen LogP contribution in [0.25, 0.3) is 0 Å². The third kappa shape index (κ3) is 3.11. The molecule has 0 heterocycles. The molecular weight excluding hydrogens is 308 g/mol. The van der Waals surface area contributed by atoms with E-state index in [0.717, 1.165) is 11.1 Å². The van der Waals surface area contributed by atoms with Crippen LogP contribution in [0.3, 0.4) is 0 Å². The quantitative estimate of drug-likeness (QED) is 0.578. The maximum absolute atomic E-state index is 10.0. The van der Waals surface area contributed by atoms with Gasteiger partial charge in [-0.1, -0.05) is 19.9 Å². The van der Waals surface area contributed by atoms with E-state index >= 15 is 0 Å². The Morgan fingerprint density at radius 3 is 1.50 bits per heavy atom. The summed E-state index contributed by atoms with van der Waals surface area (Å²) in [6.45, 7) is 4.76. The molecule has 0 aliphatic rings. The molecule has 2 rings (SSSR count). The van der Waals surface area contributed by atoms with Gasteiger partial charge in [0.1, 0.15) is 11.5 Å². The first-order valence-electron chi connectivity index (χ1n) is 7.77. The van der Waals surface area contributed by atoms with Crippen LogP contribution < -0.4 is 0 Å². The standard InChI is InChI=1S/C19H24O5/c1-11-4-15(5-12(8-20)17(11)23)19(2,3)16-6-13(9-21)18(24)14(7-16)10-22/h4-7,20-24H,8-10H2,1-3H3. The molecule has 0 unspecified atom stereocenters. The van der Waals surface area contributed by atoms with Crippen LogP contribution in [-0.4, -0.2) is 25.5 Å². The Hall–Kier alpha value is -2.08. The molecule has 0 saturated carbocycles. The lowest BCUT2D eigenvalue weighted by molar-refractivity contribution is 0.263. The normalized spacial score (nSPS) is 11.8. The fraction of sp³-hybridized carbons (Fsp3) is 0.368. The number of aromatic hydroxyl groups is 2. The summed E-state index contributed by atoms with van der Waals surface area (Å²) in [5, 5.41) is 48.4. The van der Waals surface area contributed by atoms with Gasteiger partial charge in [0.15, 0.2) is 0 Å². The largest absolute Gasteiger partial charge is 0.507 e. The topological polar surface area (TPSA) is 101 Å². The van der Waals surface area contributed by atoms with Crippen molar-refractivity contribution in [2.24, 2.45) is 0 Å². The van der Waals surface area contributed by atoms with Crippen molar-refractivity contribution in [3.63, 3.8) is 0 Å². The maximum Gasteiger partial charge on any atom is 0.126 e. The Labute approximate surface area is 141 Å². The fourth-order valence-electron chi connectivity index (χ4n) is 2.86. The first-order valence-corrected chi connectivity index (χ1v) is 7.77. The summed E-state index contributed by atoms with van der Waals surface area (Å²) in [4.78, 5) is 0. The lowest BCUT2D eigenvalue weighted by Gasteiger charge is -2.29. The molecule has 2 aromatic carbocycles. The highest BCUT2D eigenvalue weighted by Crippen LogP contribution is 2.38. The molecule has 5 heteroatoms. The van der Waals surface area contributed by atoms with Crippen LogP contribution in [0, 0.1) is 6.92 Å². The van der Waals surface area contributed by atoms with Gasteiger partial charge in [0.05, 0.1) is 19.8 Å². The Morgan fingerprint density at radius 2 is 1.08 bits per heavy atom. The fourth-order valence-corrected chi connectivity index (χ4v) is 2.86. The van der Waals surface area contributed by atoms with Gasteiger partial charge in [-0.3, -0.25) is 0 Å². The summed E-state index contributed by atoms with van der Waals surface area (Å²) in [5.74, 6) is -0.0210. The number of benzene rings is 2. The van der Waals surface area contributed by atoms with Crippen molar-refractivity contribution < 1.29 is 25.5 Å². The molecule has 0 bridgehead atoms. The monoisotopic (exact) mass is 332 g/mol. The molecule has 0 radical (unpaired) electrons. The van der Waals surface area contributed by atoms with Gasteiger partial charge >= 0.3 is 0 Å². The Bertz CT molecular complexity index is 725. The van der Waals surface area contributed by atoms with E-state index in [4.69, 9.17) is 0 Å². The van der Waals surface area contributed by atoms with Crippen LogP contribution in [0.2, 0.25) is 0 Å². The zero-order valence-corrected chi connectivity index (χ0v) is 14.2. The third-order valence-corrected chi connectivity index (χ3v) is 4.60. The molecule has 0 aromatic heterocycles. The molecule has 0 amide bonds. The summed E-state index contributed by atoms with van der Waals surface area (Å²) in [6, 6.07) is 7.00. The zero-order chi connectivity index (χ0) is 18.1. The summed E-state index contributed by atoms with van der Waals surface area (Å²) in [6.07, 6.45) is 0. The minimum absolute atomic E-state index is 0.0786. The number of aliphatic hydroxyl groups is 3. The number of rotatable bonds is 5. The van der Waals surface area contributed by atoms with E-state index in [-0.39, 0.29) is 31.3 Å². The van der Waals surface area contributed by atoms with Crippen molar-refractivity contribution in [3.8, 4) is 11.5 Å². The average molecular weight is 332 g/mol. The zero-order valence-electron chi connectivity index (χ0n) is 14.2. The Morgan fingerprint density at radius 1 is 0.708 bits per heavy atom. The van der Waals surface area contributed by atoms with Crippen LogP contribution in [-0.2, 0) is 25.2 Å². The van der Waals surface area contributed by atoms with E-state index in [0.29, 0.717) is 22.3 Å². The van der Waals surface area contributed by atoms with Gasteiger partial charge in [-0.2, -0.15) is 0 Å². The van der Waals surface area contributed by atoms with E-state index in [9.17, 15) is 25.5 Å². The van der Waals surface area contributed by atoms with Crippen molar-refractivity contribution in [1.82, 2.24) is 0 Å². The second kappa shape index (κ2) is 6.81. The van der Waals surface area contributed by atoms with Gasteiger partial charge in [0.25, 0.3) is 0 Å². The number of aliphatic hydroxyl groups excluding tert-OH is 3. The molecule has 0 saturated heterocycles. The van der Waals surface area contributed by atoms with E-state index in [1.54, 1.807) is 25.1 Å². The van der Waals surface area contributed by atoms with Gasteiger partial charge < -0.3 is 25.5 Å². The van der Waals surface area contributed by atoms with Gasteiger partial charge in [-0.25, -0.2) is 0 Å². The Balaban J connectivity index is 2.64. The second-order valence-electron chi connectivity index (χ2n) is 6.54. The molecule has 2 aromatic rings. The van der Waals surface area contributed by atoms with E-state index in [1.165, 1.54) is 0 Å². The number of hydrogen-bond acceptors (Lipinski definition) is 5. The molecule has 130 valence electrons. The number of phenols is 2. The maximum atomic E-state index is 10.0. The highest BCUT2D eigenvalue weighted by molar-refractivity contribution is 5.51. The third-order valence-electron chi connectivity index (χ3n) is 4.60. The van der Waals surface area contributed by atoms with Gasteiger partial charge in [0.2, 0.25) is 0 Å². The van der Waals surface area contributed by atoms with Crippen LogP contribution in [0.1, 0.15) is 47.2 Å². The lowest BCUT2D eigenvalue weighted by atomic mass is 9.76. The predicted molar refractivity (Wildman–Crippen MR) is 90.8 cm³/mol. The van der Waals surface area contributed by atoms with Crippen LogP contribution >= 0.6 is 0 Å². The second-order valence-corrected chi connectivity index (χ2v) is 6.54. The molecule has 0 spiro atoms. The van der Waals surface area contributed by atoms with Crippen molar-refractivity contribution in [3.05, 3.63) is 57.6 Å². The SMILES string of the molecule is Cc1cc(C(C)(C)c2cc(CO)c(O)c(CO)c2)cc(CO)c1O. The van der Waals surface area contributed by atoms with Crippen molar-refractivity contribution in [1.29, 1.82) is 0 Å². The highest BCUT2D eigenvalue weighted by atomic mass is 16.3. The Kier molecular flexibility index (Phi) is 5.18. The van der Waals surface area contributed by atoms with Gasteiger partial charge in [0, 0.05) is 22.1 Å². The molecule has 0 aliphatic heterocycles. The predicted octanol–water partition coefficient (Wildman–Crippen LogP) is 2.21. The van der Waals surface area contributed by atoms with Crippen LogP contribution in [0.5, 0.6) is 11.5 Å². The molecule has 0 fully saturated rings. The summed E-state index contributed by atoms with van der Waals surface area (Å²) < 4.78 is 0. The smallest absolute Gasteiger partial charge is 0.126 e. The first-order chi connectivity index (χ1) is 11.3. The molecule has 5 N–H and O–H groups in total. The highest BCUT2D eigenvalue weighted by Gasteiger charge is 2.27. The number of hydrogen-bond donors (Lipinski definition) is 5. The summed E-state index contributed by atoms with van der Waals surface area (Å²) in [5.41, 5.74) is 2.96. The van der Waals surface area contributed by atoms with Crippen molar-refractivity contribution in [2.45, 2.75) is 46.0 Å². The molecule has 0 atom stereocenters. The van der Waals surface area contributed by atoms with Crippen LogP contribution in [0.15, 0.2) is 24.3 Å². The summed E-state index contributed by atoms with van der Waals surface area (Å²) >= 11 is 0.